The number of thioether (sulfide) groups is 1. The Morgan fingerprint density at radius 2 is 2.07 bits per heavy atom. The van der Waals surface area contributed by atoms with Gasteiger partial charge in [0.1, 0.15) is 10.8 Å². The molecule has 3 aromatic rings. The van der Waals surface area contributed by atoms with Crippen LogP contribution in [-0.2, 0) is 23.1 Å². The summed E-state index contributed by atoms with van der Waals surface area (Å²) < 4.78 is 2.90. The van der Waals surface area contributed by atoms with Crippen LogP contribution in [0.2, 0.25) is 0 Å². The predicted octanol–water partition coefficient (Wildman–Crippen LogP) is 2.15. The molecule has 2 aromatic heterocycles. The predicted molar refractivity (Wildman–Crippen MR) is 110 cm³/mol. The van der Waals surface area contributed by atoms with Gasteiger partial charge in [-0.05, 0) is 19.1 Å². The van der Waals surface area contributed by atoms with Gasteiger partial charge in [-0.15, -0.1) is 21.5 Å². The quantitative estimate of drug-likeness (QED) is 0.562. The standard InChI is InChI=1S/C18H22N6O2S2/c1-11(17-20-12-6-4-5-7-13(12)28-17)23(2)16(26)10-27-18-22-21-15(24(18)3)9-8-14(19)25/h4-7,11H,8-10H2,1-3H3,(H2,19,25)/t11-/m0/s1. The van der Waals surface area contributed by atoms with E-state index in [0.29, 0.717) is 17.4 Å². The SMILES string of the molecule is C[C@@H](c1nc2ccccc2s1)N(C)C(=O)CSc1nnc(CCC(N)=O)n1C. The molecule has 0 radical (unpaired) electrons. The number of hydrogen-bond acceptors (Lipinski definition) is 7. The van der Waals surface area contributed by atoms with Crippen LogP contribution in [0.4, 0.5) is 0 Å². The molecule has 0 unspecified atom stereocenters. The third kappa shape index (κ3) is 4.50. The highest BCUT2D eigenvalue weighted by molar-refractivity contribution is 7.99. The Bertz CT molecular complexity index is 966. The zero-order valence-corrected chi connectivity index (χ0v) is 17.6. The van der Waals surface area contributed by atoms with Gasteiger partial charge < -0.3 is 15.2 Å². The summed E-state index contributed by atoms with van der Waals surface area (Å²) in [6.45, 7) is 1.98. The lowest BCUT2D eigenvalue weighted by molar-refractivity contribution is -0.129. The molecule has 0 saturated carbocycles. The Morgan fingerprint density at radius 3 is 2.79 bits per heavy atom. The van der Waals surface area contributed by atoms with Crippen LogP contribution < -0.4 is 5.73 Å². The summed E-state index contributed by atoms with van der Waals surface area (Å²) in [4.78, 5) is 29.9. The van der Waals surface area contributed by atoms with Crippen LogP contribution in [0.25, 0.3) is 10.2 Å². The van der Waals surface area contributed by atoms with Crippen LogP contribution in [0.1, 0.15) is 30.2 Å². The molecular weight excluding hydrogens is 396 g/mol. The second kappa shape index (κ2) is 8.70. The normalized spacial score (nSPS) is 12.2. The summed E-state index contributed by atoms with van der Waals surface area (Å²) in [5.74, 6) is 0.522. The third-order valence-electron chi connectivity index (χ3n) is 4.49. The van der Waals surface area contributed by atoms with Crippen LogP contribution in [-0.4, -0.2) is 49.3 Å². The van der Waals surface area contributed by atoms with Gasteiger partial charge in [-0.25, -0.2) is 4.98 Å². The first-order valence-corrected chi connectivity index (χ1v) is 10.6. The van der Waals surface area contributed by atoms with Crippen molar-refractivity contribution in [1.82, 2.24) is 24.6 Å². The highest BCUT2D eigenvalue weighted by atomic mass is 32.2. The lowest BCUT2D eigenvalue weighted by Crippen LogP contribution is -2.31. The maximum Gasteiger partial charge on any atom is 0.233 e. The number of primary amides is 1. The topological polar surface area (TPSA) is 107 Å². The van der Waals surface area contributed by atoms with Gasteiger partial charge in [-0.1, -0.05) is 23.9 Å². The fourth-order valence-corrected chi connectivity index (χ4v) is 4.52. The van der Waals surface area contributed by atoms with Gasteiger partial charge >= 0.3 is 0 Å². The van der Waals surface area contributed by atoms with Crippen molar-refractivity contribution in [3.63, 3.8) is 0 Å². The molecule has 0 aliphatic heterocycles. The number of fused-ring (bicyclic) bond motifs is 1. The number of aryl methyl sites for hydroxylation is 1. The molecule has 28 heavy (non-hydrogen) atoms. The second-order valence-corrected chi connectivity index (χ2v) is 8.42. The molecule has 0 bridgehead atoms. The Labute approximate surface area is 171 Å². The van der Waals surface area contributed by atoms with Crippen LogP contribution in [0.5, 0.6) is 0 Å². The van der Waals surface area contributed by atoms with Crippen molar-refractivity contribution >= 4 is 45.1 Å². The number of carbonyl (C=O) groups excluding carboxylic acids is 2. The minimum absolute atomic E-state index is 0.0153. The highest BCUT2D eigenvalue weighted by Crippen LogP contribution is 2.29. The second-order valence-electron chi connectivity index (χ2n) is 6.41. The minimum Gasteiger partial charge on any atom is -0.370 e. The van der Waals surface area contributed by atoms with Crippen molar-refractivity contribution < 1.29 is 9.59 Å². The summed E-state index contributed by atoms with van der Waals surface area (Å²) in [5, 5.41) is 9.71. The Balaban J connectivity index is 1.60. The van der Waals surface area contributed by atoms with Crippen molar-refractivity contribution in [2.75, 3.05) is 12.8 Å². The molecule has 0 saturated heterocycles. The molecule has 0 aliphatic carbocycles. The lowest BCUT2D eigenvalue weighted by atomic mass is 10.3. The molecule has 1 aromatic carbocycles. The van der Waals surface area contributed by atoms with Gasteiger partial charge in [0.15, 0.2) is 5.16 Å². The summed E-state index contributed by atoms with van der Waals surface area (Å²) in [7, 11) is 3.60. The molecule has 8 nitrogen and oxygen atoms in total. The molecule has 0 spiro atoms. The van der Waals surface area contributed by atoms with E-state index in [4.69, 9.17) is 5.73 Å². The van der Waals surface area contributed by atoms with Gasteiger partial charge in [0.2, 0.25) is 11.8 Å². The number of amides is 2. The average Bonchev–Trinajstić information content (AvgIpc) is 3.26. The molecule has 0 fully saturated rings. The number of benzene rings is 1. The summed E-state index contributed by atoms with van der Waals surface area (Å²) in [6, 6.07) is 7.84. The number of para-hydroxylation sites is 1. The van der Waals surface area contributed by atoms with Crippen molar-refractivity contribution in [3.8, 4) is 0 Å². The molecule has 1 atom stereocenters. The molecule has 0 aliphatic rings. The van der Waals surface area contributed by atoms with Crippen molar-refractivity contribution in [3.05, 3.63) is 35.1 Å². The first-order chi connectivity index (χ1) is 13.4. The zero-order valence-electron chi connectivity index (χ0n) is 16.0. The number of rotatable bonds is 8. The summed E-state index contributed by atoms with van der Waals surface area (Å²) >= 11 is 2.92. The van der Waals surface area contributed by atoms with E-state index in [1.54, 1.807) is 27.9 Å². The maximum atomic E-state index is 12.6. The Kier molecular flexibility index (Phi) is 6.30. The van der Waals surface area contributed by atoms with Gasteiger partial charge in [0.25, 0.3) is 0 Å². The molecular formula is C18H22N6O2S2. The fourth-order valence-electron chi connectivity index (χ4n) is 2.60. The van der Waals surface area contributed by atoms with Crippen molar-refractivity contribution in [1.29, 1.82) is 0 Å². The molecule has 2 heterocycles. The van der Waals surface area contributed by atoms with Gasteiger partial charge in [0, 0.05) is 26.9 Å². The number of nitrogens with two attached hydrogens (primary N) is 1. The molecule has 10 heteroatoms. The minimum atomic E-state index is -0.377. The van der Waals surface area contributed by atoms with Gasteiger partial charge in [0.05, 0.1) is 22.0 Å². The third-order valence-corrected chi connectivity index (χ3v) is 6.70. The average molecular weight is 419 g/mol. The van der Waals surface area contributed by atoms with E-state index in [0.717, 1.165) is 15.2 Å². The van der Waals surface area contributed by atoms with Crippen molar-refractivity contribution in [2.24, 2.45) is 12.8 Å². The fraction of sp³-hybridized carbons (Fsp3) is 0.389. The Hall–Kier alpha value is -2.46. The molecule has 3 rings (SSSR count). The van der Waals surface area contributed by atoms with E-state index < -0.39 is 0 Å². The number of thiazole rings is 1. The number of hydrogen-bond donors (Lipinski definition) is 1. The van der Waals surface area contributed by atoms with Crippen LogP contribution >= 0.6 is 23.1 Å². The van der Waals surface area contributed by atoms with E-state index in [1.807, 2.05) is 38.2 Å². The van der Waals surface area contributed by atoms with E-state index in [9.17, 15) is 9.59 Å². The van der Waals surface area contributed by atoms with Crippen LogP contribution in [0.3, 0.4) is 0 Å². The van der Waals surface area contributed by atoms with E-state index >= 15 is 0 Å². The Morgan fingerprint density at radius 1 is 1.32 bits per heavy atom. The molecule has 148 valence electrons. The summed E-state index contributed by atoms with van der Waals surface area (Å²) in [5.41, 5.74) is 6.12. The summed E-state index contributed by atoms with van der Waals surface area (Å²) in [6.07, 6.45) is 0.653. The van der Waals surface area contributed by atoms with Crippen LogP contribution in [0.15, 0.2) is 29.4 Å². The van der Waals surface area contributed by atoms with E-state index in [-0.39, 0.29) is 30.0 Å². The van der Waals surface area contributed by atoms with Gasteiger partial charge in [-0.3, -0.25) is 9.59 Å². The molecule has 2 N–H and O–H groups in total. The highest BCUT2D eigenvalue weighted by Gasteiger charge is 2.21. The number of aromatic nitrogens is 4. The number of carbonyl (C=O) groups is 2. The largest absolute Gasteiger partial charge is 0.370 e. The monoisotopic (exact) mass is 418 g/mol. The first-order valence-electron chi connectivity index (χ1n) is 8.77. The van der Waals surface area contributed by atoms with Gasteiger partial charge in [-0.2, -0.15) is 0 Å². The lowest BCUT2D eigenvalue weighted by Gasteiger charge is -2.23. The maximum absolute atomic E-state index is 12.6. The van der Waals surface area contributed by atoms with Crippen LogP contribution in [0, 0.1) is 0 Å². The zero-order chi connectivity index (χ0) is 20.3. The number of nitrogens with zero attached hydrogens (tertiary/aromatic N) is 5. The van der Waals surface area contributed by atoms with Crippen molar-refractivity contribution in [2.45, 2.75) is 31.0 Å². The first kappa shape index (κ1) is 20.3. The van der Waals surface area contributed by atoms with E-state index in [2.05, 4.69) is 15.2 Å². The van der Waals surface area contributed by atoms with E-state index in [1.165, 1.54) is 11.8 Å². The molecule has 2 amide bonds. The smallest absolute Gasteiger partial charge is 0.233 e.